The highest BCUT2D eigenvalue weighted by atomic mass is 32.2. The number of carbonyl (C=O) groups excluding carboxylic acids is 1. The zero-order chi connectivity index (χ0) is 14.9. The number of nitrogens with zero attached hydrogens (tertiary/aromatic N) is 2. The lowest BCUT2D eigenvalue weighted by molar-refractivity contribution is -0.387. The van der Waals surface area contributed by atoms with Crippen molar-refractivity contribution in [3.05, 3.63) is 28.3 Å². The molecule has 1 aliphatic heterocycles. The van der Waals surface area contributed by atoms with Crippen molar-refractivity contribution in [3.63, 3.8) is 0 Å². The van der Waals surface area contributed by atoms with Gasteiger partial charge in [-0.3, -0.25) is 14.9 Å². The van der Waals surface area contributed by atoms with Gasteiger partial charge in [-0.25, -0.2) is 8.42 Å². The molecule has 1 fully saturated rings. The molecule has 7 nitrogen and oxygen atoms in total. The predicted octanol–water partition coefficient (Wildman–Crippen LogP) is 1.17. The Labute approximate surface area is 116 Å². The molecule has 0 amide bonds. The molecule has 20 heavy (non-hydrogen) atoms. The van der Waals surface area contributed by atoms with Crippen LogP contribution in [0.25, 0.3) is 0 Å². The summed E-state index contributed by atoms with van der Waals surface area (Å²) in [5, 5.41) is 11.2. The average molecular weight is 298 g/mol. The van der Waals surface area contributed by atoms with Crippen LogP contribution in [0.2, 0.25) is 0 Å². The number of anilines is 1. The molecule has 1 aromatic carbocycles. The number of para-hydroxylation sites is 1. The van der Waals surface area contributed by atoms with Gasteiger partial charge < -0.3 is 4.90 Å². The van der Waals surface area contributed by atoms with E-state index in [9.17, 15) is 23.3 Å². The van der Waals surface area contributed by atoms with Crippen molar-refractivity contribution in [2.24, 2.45) is 0 Å². The van der Waals surface area contributed by atoms with Gasteiger partial charge in [0, 0.05) is 19.2 Å². The summed E-state index contributed by atoms with van der Waals surface area (Å²) in [6.45, 7) is 0.577. The molecule has 0 aromatic heterocycles. The van der Waals surface area contributed by atoms with Crippen LogP contribution in [-0.4, -0.2) is 38.5 Å². The summed E-state index contributed by atoms with van der Waals surface area (Å²) in [5.74, 6) is -0.00435. The number of nitro groups is 1. The van der Waals surface area contributed by atoms with Crippen LogP contribution in [0, 0.1) is 10.1 Å². The van der Waals surface area contributed by atoms with E-state index in [0.717, 1.165) is 6.26 Å². The molecule has 1 aliphatic rings. The lowest BCUT2D eigenvalue weighted by Gasteiger charge is -2.27. The zero-order valence-corrected chi connectivity index (χ0v) is 11.7. The topological polar surface area (TPSA) is 97.6 Å². The molecule has 8 heteroatoms. The second kappa shape index (κ2) is 5.20. The number of hydrogen-bond acceptors (Lipinski definition) is 6. The Kier molecular flexibility index (Phi) is 3.76. The summed E-state index contributed by atoms with van der Waals surface area (Å²) in [4.78, 5) is 23.3. The van der Waals surface area contributed by atoms with Gasteiger partial charge >= 0.3 is 5.69 Å². The lowest BCUT2D eigenvalue weighted by Crippen LogP contribution is -2.36. The summed E-state index contributed by atoms with van der Waals surface area (Å²) in [6.07, 6.45) is 2.00. The Morgan fingerprint density at radius 3 is 2.60 bits per heavy atom. The third-order valence-corrected chi connectivity index (χ3v) is 4.28. The van der Waals surface area contributed by atoms with Crippen molar-refractivity contribution in [3.8, 4) is 0 Å². The fourth-order valence-corrected chi connectivity index (χ4v) is 3.15. The molecule has 0 radical (unpaired) electrons. The Morgan fingerprint density at radius 1 is 1.35 bits per heavy atom. The van der Waals surface area contributed by atoms with Crippen molar-refractivity contribution >= 4 is 27.0 Å². The Bertz CT molecular complexity index is 668. The first-order chi connectivity index (χ1) is 9.30. The summed E-state index contributed by atoms with van der Waals surface area (Å²) in [7, 11) is -3.71. The van der Waals surface area contributed by atoms with Gasteiger partial charge in [0.25, 0.3) is 0 Å². The van der Waals surface area contributed by atoms with Gasteiger partial charge in [-0.15, -0.1) is 0 Å². The van der Waals surface area contributed by atoms with Crippen LogP contribution in [-0.2, 0) is 14.6 Å². The summed E-state index contributed by atoms with van der Waals surface area (Å²) >= 11 is 0. The Morgan fingerprint density at radius 2 is 2.05 bits per heavy atom. The van der Waals surface area contributed by atoms with Gasteiger partial charge in [-0.1, -0.05) is 6.07 Å². The number of rotatable bonds is 3. The lowest BCUT2D eigenvalue weighted by atomic mass is 10.1. The monoisotopic (exact) mass is 298 g/mol. The Balaban J connectivity index is 2.58. The first-order valence-corrected chi connectivity index (χ1v) is 7.94. The van der Waals surface area contributed by atoms with Crippen molar-refractivity contribution in [1.29, 1.82) is 0 Å². The third kappa shape index (κ3) is 2.79. The van der Waals surface area contributed by atoms with Crippen molar-refractivity contribution < 1.29 is 18.1 Å². The second-order valence-corrected chi connectivity index (χ2v) is 6.70. The molecular weight excluding hydrogens is 284 g/mol. The van der Waals surface area contributed by atoms with Crippen molar-refractivity contribution in [2.75, 3.05) is 24.2 Å². The number of Topliss-reactive ketones (excluding diaryl/α,β-unsaturated/α-hetero) is 1. The minimum absolute atomic E-state index is 0.00435. The number of hydrogen-bond donors (Lipinski definition) is 0. The van der Waals surface area contributed by atoms with Crippen LogP contribution in [0.5, 0.6) is 0 Å². The van der Waals surface area contributed by atoms with E-state index in [0.29, 0.717) is 19.4 Å². The van der Waals surface area contributed by atoms with Crippen LogP contribution >= 0.6 is 0 Å². The highest BCUT2D eigenvalue weighted by Gasteiger charge is 2.30. The van der Waals surface area contributed by atoms with Crippen LogP contribution in [0.1, 0.15) is 12.8 Å². The van der Waals surface area contributed by atoms with E-state index < -0.39 is 20.4 Å². The quantitative estimate of drug-likeness (QED) is 0.613. The third-order valence-electron chi connectivity index (χ3n) is 3.15. The number of carbonyl (C=O) groups is 1. The molecule has 0 atom stereocenters. The van der Waals surface area contributed by atoms with Gasteiger partial charge in [0.2, 0.25) is 0 Å². The van der Waals surface area contributed by atoms with Gasteiger partial charge in [-0.2, -0.15) is 0 Å². The normalized spacial score (nSPS) is 16.2. The molecule has 1 saturated heterocycles. The highest BCUT2D eigenvalue weighted by Crippen LogP contribution is 2.35. The molecule has 0 saturated carbocycles. The van der Waals surface area contributed by atoms with E-state index in [-0.39, 0.29) is 22.9 Å². The van der Waals surface area contributed by atoms with E-state index in [2.05, 4.69) is 0 Å². The first kappa shape index (κ1) is 14.4. The fraction of sp³-hybridized carbons (Fsp3) is 0.417. The van der Waals surface area contributed by atoms with Crippen molar-refractivity contribution in [2.45, 2.75) is 17.7 Å². The maximum atomic E-state index is 11.7. The number of benzene rings is 1. The zero-order valence-electron chi connectivity index (χ0n) is 10.9. The van der Waals surface area contributed by atoms with Gasteiger partial charge in [0.05, 0.1) is 11.5 Å². The minimum atomic E-state index is -3.71. The molecule has 1 aromatic rings. The highest BCUT2D eigenvalue weighted by molar-refractivity contribution is 7.90. The Hall–Kier alpha value is -1.96. The molecule has 0 spiro atoms. The molecule has 0 bridgehead atoms. The van der Waals surface area contributed by atoms with Crippen LogP contribution in [0.4, 0.5) is 11.4 Å². The molecule has 108 valence electrons. The molecule has 0 unspecified atom stereocenters. The van der Waals surface area contributed by atoms with E-state index in [4.69, 9.17) is 0 Å². The van der Waals surface area contributed by atoms with E-state index in [1.807, 2.05) is 0 Å². The number of ketones is 1. The van der Waals surface area contributed by atoms with Crippen molar-refractivity contribution in [1.82, 2.24) is 0 Å². The molecule has 2 rings (SSSR count). The van der Waals surface area contributed by atoms with E-state index >= 15 is 0 Å². The number of nitro benzene ring substituents is 1. The molecule has 0 N–H and O–H groups in total. The van der Waals surface area contributed by atoms with Crippen LogP contribution in [0.15, 0.2) is 23.1 Å². The SMILES string of the molecule is CS(=O)(=O)c1cccc(N2CCCC(=O)C2)c1[N+](=O)[O-]. The first-order valence-electron chi connectivity index (χ1n) is 6.05. The number of piperidine rings is 1. The van der Waals surface area contributed by atoms with Gasteiger partial charge in [0.15, 0.2) is 15.6 Å². The van der Waals surface area contributed by atoms with Gasteiger partial charge in [-0.05, 0) is 18.6 Å². The second-order valence-electron chi connectivity index (χ2n) is 4.72. The molecular formula is C12H14N2O5S. The molecule has 1 heterocycles. The number of sulfone groups is 1. The predicted molar refractivity (Wildman–Crippen MR) is 72.7 cm³/mol. The maximum Gasteiger partial charge on any atom is 0.311 e. The summed E-state index contributed by atoms with van der Waals surface area (Å²) in [5.41, 5.74) is -0.268. The average Bonchev–Trinajstić information content (AvgIpc) is 2.36. The summed E-state index contributed by atoms with van der Waals surface area (Å²) < 4.78 is 23.3. The fourth-order valence-electron chi connectivity index (χ4n) is 2.29. The smallest absolute Gasteiger partial charge is 0.311 e. The summed E-state index contributed by atoms with van der Waals surface area (Å²) in [6, 6.07) is 4.14. The largest absolute Gasteiger partial charge is 0.359 e. The molecule has 0 aliphatic carbocycles. The van der Waals surface area contributed by atoms with E-state index in [1.165, 1.54) is 18.2 Å². The van der Waals surface area contributed by atoms with Crippen LogP contribution in [0.3, 0.4) is 0 Å². The van der Waals surface area contributed by atoms with Crippen LogP contribution < -0.4 is 4.90 Å². The van der Waals surface area contributed by atoms with Gasteiger partial charge in [0.1, 0.15) is 10.6 Å². The maximum absolute atomic E-state index is 11.7. The standard InChI is InChI=1S/C12H14N2O5S/c1-20(18,19)11-6-2-5-10(12(11)14(16)17)13-7-3-4-9(15)8-13/h2,5-6H,3-4,7-8H2,1H3. The van der Waals surface area contributed by atoms with E-state index in [1.54, 1.807) is 4.90 Å². The minimum Gasteiger partial charge on any atom is -0.359 e.